The molecule has 1 heterocycles. The van der Waals surface area contributed by atoms with Crippen molar-refractivity contribution in [3.05, 3.63) is 52.5 Å². The van der Waals surface area contributed by atoms with Crippen LogP contribution in [0, 0.1) is 11.3 Å². The summed E-state index contributed by atoms with van der Waals surface area (Å²) >= 11 is 3.31. The summed E-state index contributed by atoms with van der Waals surface area (Å²) < 4.78 is 32.6. The number of carbonyl (C=O) groups is 1. The molecule has 0 saturated carbocycles. The Morgan fingerprint density at radius 3 is 2.50 bits per heavy atom. The summed E-state index contributed by atoms with van der Waals surface area (Å²) in [6.45, 7) is 0.942. The quantitative estimate of drug-likeness (QED) is 0.707. The van der Waals surface area contributed by atoms with Crippen LogP contribution in [-0.2, 0) is 10.0 Å². The van der Waals surface area contributed by atoms with E-state index in [1.807, 2.05) is 6.07 Å². The molecule has 0 atom stereocenters. The average molecular weight is 464 g/mol. The van der Waals surface area contributed by atoms with Crippen LogP contribution in [-0.4, -0.2) is 38.3 Å². The van der Waals surface area contributed by atoms with Gasteiger partial charge < -0.3 is 10.1 Å². The van der Waals surface area contributed by atoms with E-state index in [-0.39, 0.29) is 17.1 Å². The minimum absolute atomic E-state index is 0.0586. The Morgan fingerprint density at radius 2 is 1.86 bits per heavy atom. The largest absolute Gasteiger partial charge is 0.479 e. The first-order chi connectivity index (χ1) is 13.4. The topological polar surface area (TPSA) is 99.5 Å². The number of nitrogens with one attached hydrogen (secondary N) is 1. The Hall–Kier alpha value is -2.41. The summed E-state index contributed by atoms with van der Waals surface area (Å²) in [5.41, 5.74) is 0.749. The van der Waals surface area contributed by atoms with Gasteiger partial charge in [0.15, 0.2) is 6.61 Å². The van der Waals surface area contributed by atoms with Crippen LogP contribution in [0.15, 0.2) is 51.8 Å². The molecule has 1 amide bonds. The van der Waals surface area contributed by atoms with Crippen LogP contribution in [0.3, 0.4) is 0 Å². The zero-order valence-corrected chi connectivity index (χ0v) is 17.3. The van der Waals surface area contributed by atoms with E-state index in [9.17, 15) is 13.2 Å². The second-order valence-electron chi connectivity index (χ2n) is 6.18. The van der Waals surface area contributed by atoms with Crippen molar-refractivity contribution in [2.45, 2.75) is 17.7 Å². The lowest BCUT2D eigenvalue weighted by Crippen LogP contribution is -2.28. The summed E-state index contributed by atoms with van der Waals surface area (Å²) in [5.74, 6) is 0.0791. The number of hydrogen-bond acceptors (Lipinski definition) is 5. The van der Waals surface area contributed by atoms with Gasteiger partial charge in [-0.2, -0.15) is 9.57 Å². The van der Waals surface area contributed by atoms with E-state index in [0.717, 1.165) is 12.8 Å². The fourth-order valence-corrected chi connectivity index (χ4v) is 4.84. The fourth-order valence-electron chi connectivity index (χ4n) is 2.86. The normalized spacial score (nSPS) is 14.4. The van der Waals surface area contributed by atoms with Crippen LogP contribution < -0.4 is 10.1 Å². The molecule has 1 fully saturated rings. The zero-order chi connectivity index (χ0) is 20.1. The molecule has 7 nitrogen and oxygen atoms in total. The lowest BCUT2D eigenvalue weighted by Gasteiger charge is -2.16. The number of sulfonamides is 1. The highest BCUT2D eigenvalue weighted by atomic mass is 79.9. The maximum Gasteiger partial charge on any atom is 0.256 e. The van der Waals surface area contributed by atoms with E-state index in [1.165, 1.54) is 16.4 Å². The molecule has 0 radical (unpaired) electrons. The van der Waals surface area contributed by atoms with Gasteiger partial charge in [0.05, 0.1) is 10.5 Å². The lowest BCUT2D eigenvalue weighted by atomic mass is 10.2. The van der Waals surface area contributed by atoms with Gasteiger partial charge in [0, 0.05) is 23.2 Å². The molecule has 0 spiro atoms. The number of amides is 1. The predicted molar refractivity (Wildman–Crippen MR) is 108 cm³/mol. The van der Waals surface area contributed by atoms with Gasteiger partial charge in [-0.25, -0.2) is 8.42 Å². The minimum atomic E-state index is -3.61. The molecule has 0 unspecified atom stereocenters. The molecule has 1 aliphatic heterocycles. The Kier molecular flexibility index (Phi) is 6.34. The number of ether oxygens (including phenoxy) is 1. The number of carbonyl (C=O) groups excluding carboxylic acids is 1. The first kappa shape index (κ1) is 20.3. The lowest BCUT2D eigenvalue weighted by molar-refractivity contribution is 0.102. The second kappa shape index (κ2) is 8.73. The maximum atomic E-state index is 12.7. The molecule has 0 aromatic heterocycles. The average Bonchev–Trinajstić information content (AvgIpc) is 3.23. The van der Waals surface area contributed by atoms with Crippen LogP contribution in [0.25, 0.3) is 0 Å². The highest BCUT2D eigenvalue weighted by Crippen LogP contribution is 2.26. The Bertz CT molecular complexity index is 1010. The molecule has 1 saturated heterocycles. The summed E-state index contributed by atoms with van der Waals surface area (Å²) in [5, 5.41) is 11.3. The molecule has 3 rings (SSSR count). The first-order valence-corrected chi connectivity index (χ1v) is 10.9. The zero-order valence-electron chi connectivity index (χ0n) is 14.9. The van der Waals surface area contributed by atoms with E-state index in [4.69, 9.17) is 10.00 Å². The molecule has 2 aromatic rings. The van der Waals surface area contributed by atoms with Gasteiger partial charge in [0.2, 0.25) is 10.0 Å². The predicted octanol–water partition coefficient (Wildman–Crippen LogP) is 3.39. The molecule has 28 heavy (non-hydrogen) atoms. The Labute approximate surface area is 172 Å². The molecule has 9 heteroatoms. The third kappa shape index (κ3) is 4.52. The highest BCUT2D eigenvalue weighted by Gasteiger charge is 2.28. The highest BCUT2D eigenvalue weighted by molar-refractivity contribution is 9.10. The summed E-state index contributed by atoms with van der Waals surface area (Å²) in [4.78, 5) is 12.8. The summed E-state index contributed by atoms with van der Waals surface area (Å²) in [6, 6.07) is 12.9. The standard InChI is InChI=1S/C19H18BrN3O4S/c20-18-8-7-16(28(25,26)23-10-1-2-11-23)13-17(18)19(24)22-14-3-5-15(6-4-14)27-12-9-21/h3-8,13H,1-2,10-12H2,(H,22,24). The van der Waals surface area contributed by atoms with E-state index >= 15 is 0 Å². The molecular formula is C19H18BrN3O4S. The third-order valence-electron chi connectivity index (χ3n) is 4.30. The fraction of sp³-hybridized carbons (Fsp3) is 0.263. The summed E-state index contributed by atoms with van der Waals surface area (Å²) in [6.07, 6.45) is 1.69. The van der Waals surface area contributed by atoms with E-state index in [1.54, 1.807) is 30.3 Å². The molecule has 146 valence electrons. The molecule has 1 aliphatic rings. The van der Waals surface area contributed by atoms with Gasteiger partial charge in [-0.3, -0.25) is 4.79 Å². The van der Waals surface area contributed by atoms with Crippen molar-refractivity contribution < 1.29 is 17.9 Å². The van der Waals surface area contributed by atoms with Crippen molar-refractivity contribution in [1.82, 2.24) is 4.31 Å². The number of nitrogens with zero attached hydrogens (tertiary/aromatic N) is 2. The SMILES string of the molecule is N#CCOc1ccc(NC(=O)c2cc(S(=O)(=O)N3CCCC3)ccc2Br)cc1. The van der Waals surface area contributed by atoms with Crippen LogP contribution >= 0.6 is 15.9 Å². The van der Waals surface area contributed by atoms with Crippen molar-refractivity contribution in [3.63, 3.8) is 0 Å². The molecule has 0 aliphatic carbocycles. The number of hydrogen-bond donors (Lipinski definition) is 1. The van der Waals surface area contributed by atoms with Gasteiger partial charge in [-0.15, -0.1) is 0 Å². The van der Waals surface area contributed by atoms with Crippen molar-refractivity contribution in [3.8, 4) is 11.8 Å². The third-order valence-corrected chi connectivity index (χ3v) is 6.89. The number of rotatable bonds is 6. The molecular weight excluding hydrogens is 446 g/mol. The van der Waals surface area contributed by atoms with E-state index in [2.05, 4.69) is 21.2 Å². The van der Waals surface area contributed by atoms with Crippen molar-refractivity contribution in [2.24, 2.45) is 0 Å². The van der Waals surface area contributed by atoms with Crippen LogP contribution in [0.5, 0.6) is 5.75 Å². The minimum Gasteiger partial charge on any atom is -0.479 e. The second-order valence-corrected chi connectivity index (χ2v) is 8.97. The van der Waals surface area contributed by atoms with Crippen molar-refractivity contribution >= 4 is 37.5 Å². The van der Waals surface area contributed by atoms with E-state index in [0.29, 0.717) is 29.0 Å². The smallest absolute Gasteiger partial charge is 0.256 e. The molecule has 2 aromatic carbocycles. The van der Waals surface area contributed by atoms with Gasteiger partial charge in [-0.05, 0) is 71.2 Å². The van der Waals surface area contributed by atoms with Crippen LogP contribution in [0.2, 0.25) is 0 Å². The first-order valence-electron chi connectivity index (χ1n) is 8.62. The van der Waals surface area contributed by atoms with Crippen molar-refractivity contribution in [1.29, 1.82) is 5.26 Å². The number of nitriles is 1. The number of benzene rings is 2. The van der Waals surface area contributed by atoms with Gasteiger partial charge in [-0.1, -0.05) is 0 Å². The monoisotopic (exact) mass is 463 g/mol. The Balaban J connectivity index is 1.79. The van der Waals surface area contributed by atoms with Crippen LogP contribution in [0.1, 0.15) is 23.2 Å². The van der Waals surface area contributed by atoms with E-state index < -0.39 is 15.9 Å². The van der Waals surface area contributed by atoms with Gasteiger partial charge in [0.25, 0.3) is 5.91 Å². The number of anilines is 1. The summed E-state index contributed by atoms with van der Waals surface area (Å²) in [7, 11) is -3.61. The van der Waals surface area contributed by atoms with Gasteiger partial charge >= 0.3 is 0 Å². The Morgan fingerprint density at radius 1 is 1.18 bits per heavy atom. The molecule has 1 N–H and O–H groups in total. The molecule has 0 bridgehead atoms. The van der Waals surface area contributed by atoms with Gasteiger partial charge in [0.1, 0.15) is 11.8 Å². The maximum absolute atomic E-state index is 12.7. The number of halogens is 1. The van der Waals surface area contributed by atoms with Crippen LogP contribution in [0.4, 0.5) is 5.69 Å². The van der Waals surface area contributed by atoms with Crippen molar-refractivity contribution in [2.75, 3.05) is 25.0 Å².